The first-order chi connectivity index (χ1) is 32.4. The fourth-order valence-corrected chi connectivity index (χ4v) is 7.76. The van der Waals surface area contributed by atoms with Crippen molar-refractivity contribution in [2.24, 2.45) is 0 Å². The molecule has 14 nitrogen and oxygen atoms in total. The van der Waals surface area contributed by atoms with Crippen molar-refractivity contribution in [1.29, 1.82) is 0 Å². The van der Waals surface area contributed by atoms with E-state index in [1.165, 1.54) is 24.4 Å². The van der Waals surface area contributed by atoms with Gasteiger partial charge in [0.25, 0.3) is 11.8 Å². The van der Waals surface area contributed by atoms with Gasteiger partial charge in [0.1, 0.15) is 6.61 Å². The summed E-state index contributed by atoms with van der Waals surface area (Å²) in [7, 11) is 0. The molecule has 3 aromatic carbocycles. The Balaban J connectivity index is 1.14. The van der Waals surface area contributed by atoms with Crippen LogP contribution in [0, 0.1) is 0 Å². The van der Waals surface area contributed by atoms with Gasteiger partial charge in [-0.2, -0.15) is 13.2 Å². The number of aliphatic hydroxyl groups excluding tert-OH is 1. The van der Waals surface area contributed by atoms with Crippen LogP contribution >= 0.6 is 0 Å². The summed E-state index contributed by atoms with van der Waals surface area (Å²) in [4.78, 5) is 50.5. The number of hydrogen-bond donors (Lipinski definition) is 3. The zero-order chi connectivity index (χ0) is 49.3. The van der Waals surface area contributed by atoms with Crippen molar-refractivity contribution in [3.05, 3.63) is 113 Å². The van der Waals surface area contributed by atoms with Crippen molar-refractivity contribution < 1.29 is 51.6 Å². The van der Waals surface area contributed by atoms with E-state index in [2.05, 4.69) is 25.4 Å². The quantitative estimate of drug-likeness (QED) is 0.0585. The standard InChI is InChI=1S/C51H67F3N6O8/c1-7-59(8-2)42-15-16-44(43(34-42)45-33-40(17-19-55-45)46(62)56-36-38-12-10-14-41(32-38)51(52,53)54)57-47(63)39-13-9-11-37(31-39)35-50(5,6)67-26-18-49(3,4)68-30-29-66-48(64)60-22-20-58(21-23-60)24-27-65-28-25-61/h9-17,19,31-34,61H,7-8,18,20-30,35-36H2,1-6H3,(H,56,62)(H,57,63). The molecule has 3 N–H and O–H groups in total. The molecular weight excluding hydrogens is 882 g/mol. The number of nitrogens with zero attached hydrogens (tertiary/aromatic N) is 4. The number of pyridine rings is 1. The Kier molecular flexibility index (Phi) is 19.7. The molecule has 1 aromatic heterocycles. The van der Waals surface area contributed by atoms with E-state index >= 15 is 0 Å². The first-order valence-electron chi connectivity index (χ1n) is 23.2. The van der Waals surface area contributed by atoms with Crippen LogP contribution in [0.15, 0.2) is 85.1 Å². The summed E-state index contributed by atoms with van der Waals surface area (Å²) in [6.07, 6.45) is -2.26. The Morgan fingerprint density at radius 3 is 2.19 bits per heavy atom. The summed E-state index contributed by atoms with van der Waals surface area (Å²) in [5.41, 5.74) is 2.35. The van der Waals surface area contributed by atoms with Crippen molar-refractivity contribution in [3.63, 3.8) is 0 Å². The molecule has 0 saturated carbocycles. The highest BCUT2D eigenvalue weighted by Gasteiger charge is 2.30. The lowest BCUT2D eigenvalue weighted by Crippen LogP contribution is -2.49. The van der Waals surface area contributed by atoms with E-state index in [-0.39, 0.29) is 43.9 Å². The molecule has 0 spiro atoms. The molecular formula is C51H67F3N6O8. The molecule has 0 aliphatic carbocycles. The maximum absolute atomic E-state index is 13.9. The van der Waals surface area contributed by atoms with Gasteiger partial charge in [0.15, 0.2) is 0 Å². The molecule has 0 radical (unpaired) electrons. The van der Waals surface area contributed by atoms with E-state index in [1.807, 2.05) is 77.9 Å². The maximum atomic E-state index is 13.9. The first-order valence-corrected chi connectivity index (χ1v) is 23.2. The molecule has 68 heavy (non-hydrogen) atoms. The lowest BCUT2D eigenvalue weighted by Gasteiger charge is -2.34. The number of carbonyl (C=O) groups excluding carboxylic acids is 3. The molecule has 2 heterocycles. The molecule has 5 rings (SSSR count). The number of amides is 3. The van der Waals surface area contributed by atoms with Gasteiger partial charge in [0.2, 0.25) is 0 Å². The van der Waals surface area contributed by atoms with Crippen LogP contribution in [0.5, 0.6) is 0 Å². The number of hydrogen-bond acceptors (Lipinski definition) is 11. The average Bonchev–Trinajstić information content (AvgIpc) is 3.31. The van der Waals surface area contributed by atoms with Crippen molar-refractivity contribution in [1.82, 2.24) is 20.1 Å². The molecule has 0 bridgehead atoms. The molecule has 1 aliphatic heterocycles. The smallest absolute Gasteiger partial charge is 0.416 e. The Morgan fingerprint density at radius 2 is 1.47 bits per heavy atom. The summed E-state index contributed by atoms with van der Waals surface area (Å²) in [6.45, 7) is 18.4. The summed E-state index contributed by atoms with van der Waals surface area (Å²) >= 11 is 0. The van der Waals surface area contributed by atoms with Crippen molar-refractivity contribution in [3.8, 4) is 11.3 Å². The fourth-order valence-electron chi connectivity index (χ4n) is 7.76. The highest BCUT2D eigenvalue weighted by molar-refractivity contribution is 6.06. The van der Waals surface area contributed by atoms with Gasteiger partial charge in [0, 0.05) is 87.4 Å². The SMILES string of the molecule is CCN(CC)c1ccc(NC(=O)c2cccc(CC(C)(C)OCCC(C)(C)OCCOC(=O)N3CCN(CCOCCO)CC3)c2)c(-c2cc(C(=O)NCc3cccc(C(F)(F)F)c3)ccn2)c1. The van der Waals surface area contributed by atoms with Crippen LogP contribution in [-0.2, 0) is 38.1 Å². The zero-order valence-corrected chi connectivity index (χ0v) is 40.1. The zero-order valence-electron chi connectivity index (χ0n) is 40.1. The predicted octanol–water partition coefficient (Wildman–Crippen LogP) is 8.08. The number of aromatic nitrogens is 1. The maximum Gasteiger partial charge on any atom is 0.416 e. The number of aliphatic hydroxyl groups is 1. The van der Waals surface area contributed by atoms with Crippen molar-refractivity contribution in [2.75, 3.05) is 95.7 Å². The second-order valence-electron chi connectivity index (χ2n) is 17.8. The summed E-state index contributed by atoms with van der Waals surface area (Å²) < 4.78 is 63.1. The lowest BCUT2D eigenvalue weighted by atomic mass is 9.96. The van der Waals surface area contributed by atoms with Gasteiger partial charge in [-0.3, -0.25) is 19.5 Å². The fraction of sp³-hybridized carbons (Fsp3) is 0.490. The molecule has 3 amide bonds. The van der Waals surface area contributed by atoms with Crippen LogP contribution < -0.4 is 15.5 Å². The highest BCUT2D eigenvalue weighted by Crippen LogP contribution is 2.33. The molecule has 17 heteroatoms. The number of halogens is 3. The van der Waals surface area contributed by atoms with E-state index < -0.39 is 28.8 Å². The van der Waals surface area contributed by atoms with Crippen LogP contribution in [0.1, 0.15) is 85.4 Å². The van der Waals surface area contributed by atoms with E-state index in [0.29, 0.717) is 73.8 Å². The van der Waals surface area contributed by atoms with Crippen LogP contribution in [0.25, 0.3) is 11.3 Å². The Bertz CT molecular complexity index is 2260. The van der Waals surface area contributed by atoms with Gasteiger partial charge in [-0.15, -0.1) is 0 Å². The Morgan fingerprint density at radius 1 is 0.765 bits per heavy atom. The van der Waals surface area contributed by atoms with E-state index in [1.54, 1.807) is 17.0 Å². The number of anilines is 2. The third kappa shape index (κ3) is 16.6. The number of benzene rings is 3. The molecule has 1 aliphatic rings. The average molecular weight is 949 g/mol. The number of carbonyl (C=O) groups is 3. The number of piperazine rings is 1. The summed E-state index contributed by atoms with van der Waals surface area (Å²) in [6, 6.07) is 20.9. The number of rotatable bonds is 24. The van der Waals surface area contributed by atoms with Gasteiger partial charge in [-0.05, 0) is 114 Å². The van der Waals surface area contributed by atoms with Crippen LogP contribution in [0.3, 0.4) is 0 Å². The monoisotopic (exact) mass is 948 g/mol. The minimum absolute atomic E-state index is 0.00312. The molecule has 0 unspecified atom stereocenters. The second kappa shape index (κ2) is 25.1. The van der Waals surface area contributed by atoms with Gasteiger partial charge in [-0.25, -0.2) is 4.79 Å². The minimum atomic E-state index is -4.50. The number of alkyl halides is 3. The molecule has 4 aromatic rings. The van der Waals surface area contributed by atoms with Crippen molar-refractivity contribution in [2.45, 2.75) is 78.3 Å². The summed E-state index contributed by atoms with van der Waals surface area (Å²) in [5, 5.41) is 14.6. The minimum Gasteiger partial charge on any atom is -0.447 e. The highest BCUT2D eigenvalue weighted by atomic mass is 19.4. The first kappa shape index (κ1) is 53.4. The Hall–Kier alpha value is -5.59. The topological polar surface area (TPSA) is 155 Å². The summed E-state index contributed by atoms with van der Waals surface area (Å²) in [5.74, 6) is -0.838. The van der Waals surface area contributed by atoms with Crippen LogP contribution in [-0.4, -0.2) is 134 Å². The van der Waals surface area contributed by atoms with Gasteiger partial charge >= 0.3 is 12.3 Å². The number of nitrogens with one attached hydrogen (secondary N) is 2. The second-order valence-corrected chi connectivity index (χ2v) is 17.8. The Labute approximate surface area is 398 Å². The third-order valence-corrected chi connectivity index (χ3v) is 11.6. The van der Waals surface area contributed by atoms with E-state index in [0.717, 1.165) is 56.1 Å². The lowest BCUT2D eigenvalue weighted by molar-refractivity contribution is -0.137. The molecule has 0 atom stereocenters. The van der Waals surface area contributed by atoms with Gasteiger partial charge in [-0.1, -0.05) is 24.3 Å². The van der Waals surface area contributed by atoms with Crippen molar-refractivity contribution >= 4 is 29.3 Å². The van der Waals surface area contributed by atoms with Gasteiger partial charge in [0.05, 0.1) is 61.2 Å². The molecule has 1 saturated heterocycles. The third-order valence-electron chi connectivity index (χ3n) is 11.6. The predicted molar refractivity (Wildman–Crippen MR) is 256 cm³/mol. The normalized spacial score (nSPS) is 13.6. The van der Waals surface area contributed by atoms with Crippen LogP contribution in [0.4, 0.5) is 29.3 Å². The molecule has 370 valence electrons. The largest absolute Gasteiger partial charge is 0.447 e. The van der Waals surface area contributed by atoms with Gasteiger partial charge < -0.3 is 44.5 Å². The number of ether oxygens (including phenoxy) is 4. The molecule has 1 fully saturated rings. The van der Waals surface area contributed by atoms with Crippen LogP contribution in [0.2, 0.25) is 0 Å². The van der Waals surface area contributed by atoms with E-state index in [9.17, 15) is 27.6 Å². The van der Waals surface area contributed by atoms with E-state index in [4.69, 9.17) is 24.1 Å².